The van der Waals surface area contributed by atoms with Crippen LogP contribution in [-0.2, 0) is 11.2 Å². The summed E-state index contributed by atoms with van der Waals surface area (Å²) < 4.78 is 19.1. The second-order valence-corrected chi connectivity index (χ2v) is 8.11. The number of aromatic nitrogens is 2. The molecule has 1 heterocycles. The maximum absolute atomic E-state index is 13.9. The van der Waals surface area contributed by atoms with Gasteiger partial charge in [0.05, 0.1) is 13.5 Å². The lowest BCUT2D eigenvalue weighted by atomic mass is 10.1. The van der Waals surface area contributed by atoms with E-state index in [0.29, 0.717) is 17.5 Å². The molecule has 178 valence electrons. The lowest BCUT2D eigenvalue weighted by Crippen LogP contribution is -2.15. The molecule has 0 spiro atoms. The Balaban J connectivity index is 1.39. The van der Waals surface area contributed by atoms with Crippen molar-refractivity contribution in [3.05, 3.63) is 94.9 Å². The predicted octanol–water partition coefficient (Wildman–Crippen LogP) is 6.25. The Bertz CT molecular complexity index is 1310. The maximum Gasteiger partial charge on any atom is 0.229 e. The number of nitrogens with one attached hydrogen (secondary N) is 3. The molecule has 7 nitrogen and oxygen atoms in total. The van der Waals surface area contributed by atoms with E-state index >= 15 is 0 Å². The molecule has 0 fully saturated rings. The minimum Gasteiger partial charge on any atom is -0.497 e. The zero-order valence-corrected chi connectivity index (χ0v) is 19.9. The van der Waals surface area contributed by atoms with Crippen molar-refractivity contribution in [3.63, 3.8) is 0 Å². The van der Waals surface area contributed by atoms with Gasteiger partial charge in [-0.25, -0.2) is 9.37 Å². The second-order valence-electron chi connectivity index (χ2n) is 7.70. The van der Waals surface area contributed by atoms with E-state index in [1.165, 1.54) is 12.1 Å². The van der Waals surface area contributed by atoms with Gasteiger partial charge in [-0.2, -0.15) is 4.98 Å². The zero-order valence-electron chi connectivity index (χ0n) is 19.1. The molecule has 0 aliphatic heterocycles. The van der Waals surface area contributed by atoms with Crippen LogP contribution in [0.5, 0.6) is 5.75 Å². The number of ether oxygens (including phenoxy) is 1. The first-order valence-corrected chi connectivity index (χ1v) is 11.1. The second kappa shape index (κ2) is 10.8. The normalized spacial score (nSPS) is 10.5. The first-order chi connectivity index (χ1) is 16.9. The number of hydrogen-bond donors (Lipinski definition) is 3. The molecule has 3 N–H and O–H groups in total. The van der Waals surface area contributed by atoms with E-state index in [0.717, 1.165) is 22.8 Å². The fourth-order valence-corrected chi connectivity index (χ4v) is 3.57. The van der Waals surface area contributed by atoms with Crippen molar-refractivity contribution in [2.24, 2.45) is 0 Å². The highest BCUT2D eigenvalue weighted by Crippen LogP contribution is 2.23. The summed E-state index contributed by atoms with van der Waals surface area (Å²) >= 11 is 6.00. The number of methoxy groups -OCH3 is 1. The van der Waals surface area contributed by atoms with Crippen molar-refractivity contribution < 1.29 is 13.9 Å². The van der Waals surface area contributed by atoms with Crippen LogP contribution in [0.3, 0.4) is 0 Å². The molecule has 0 saturated heterocycles. The Kier molecular flexibility index (Phi) is 7.42. The van der Waals surface area contributed by atoms with Gasteiger partial charge in [-0.15, -0.1) is 0 Å². The third-order valence-electron chi connectivity index (χ3n) is 5.04. The lowest BCUT2D eigenvalue weighted by molar-refractivity contribution is -0.115. The fraction of sp³-hybridized carbons (Fsp3) is 0.115. The molecule has 1 amide bonds. The molecule has 1 aromatic heterocycles. The monoisotopic (exact) mass is 491 g/mol. The van der Waals surface area contributed by atoms with Crippen molar-refractivity contribution in [1.29, 1.82) is 0 Å². The van der Waals surface area contributed by atoms with Gasteiger partial charge >= 0.3 is 0 Å². The third-order valence-corrected chi connectivity index (χ3v) is 5.39. The Hall–Kier alpha value is -4.17. The van der Waals surface area contributed by atoms with Crippen LogP contribution < -0.4 is 20.7 Å². The van der Waals surface area contributed by atoms with E-state index in [1.807, 2.05) is 37.3 Å². The fourth-order valence-electron chi connectivity index (χ4n) is 3.34. The molecule has 9 heteroatoms. The number of benzene rings is 3. The lowest BCUT2D eigenvalue weighted by Gasteiger charge is -2.11. The van der Waals surface area contributed by atoms with E-state index in [4.69, 9.17) is 16.3 Å². The molecule has 0 radical (unpaired) electrons. The molecular weight excluding hydrogens is 469 g/mol. The van der Waals surface area contributed by atoms with E-state index in [-0.39, 0.29) is 22.9 Å². The largest absolute Gasteiger partial charge is 0.497 e. The van der Waals surface area contributed by atoms with Crippen molar-refractivity contribution in [1.82, 2.24) is 9.97 Å². The number of hydrogen-bond acceptors (Lipinski definition) is 6. The Labute approximate surface area is 207 Å². The number of amides is 1. The summed E-state index contributed by atoms with van der Waals surface area (Å²) in [5.74, 6) is 0.959. The van der Waals surface area contributed by atoms with E-state index in [1.54, 1.807) is 37.4 Å². The third kappa shape index (κ3) is 6.45. The van der Waals surface area contributed by atoms with Gasteiger partial charge in [0.1, 0.15) is 17.4 Å². The van der Waals surface area contributed by atoms with Crippen molar-refractivity contribution >= 4 is 46.3 Å². The van der Waals surface area contributed by atoms with Gasteiger partial charge in [0, 0.05) is 39.4 Å². The number of anilines is 5. The molecular formula is C26H23ClFN5O2. The van der Waals surface area contributed by atoms with Crippen LogP contribution in [0.15, 0.2) is 72.8 Å². The summed E-state index contributed by atoms with van der Waals surface area (Å²) in [6.45, 7) is 1.88. The smallest absolute Gasteiger partial charge is 0.229 e. The molecule has 35 heavy (non-hydrogen) atoms. The number of carbonyl (C=O) groups excluding carboxylic acids is 1. The number of carbonyl (C=O) groups is 1. The molecule has 0 atom stereocenters. The zero-order chi connectivity index (χ0) is 24.8. The molecule has 4 aromatic rings. The van der Waals surface area contributed by atoms with Crippen LogP contribution >= 0.6 is 11.6 Å². The summed E-state index contributed by atoms with van der Waals surface area (Å²) in [6, 6.07) is 20.7. The minimum absolute atomic E-state index is 0.160. The van der Waals surface area contributed by atoms with Gasteiger partial charge in [-0.1, -0.05) is 17.7 Å². The Morgan fingerprint density at radius 1 is 0.943 bits per heavy atom. The van der Waals surface area contributed by atoms with Gasteiger partial charge < -0.3 is 20.7 Å². The summed E-state index contributed by atoms with van der Waals surface area (Å²) in [4.78, 5) is 21.3. The van der Waals surface area contributed by atoms with E-state index < -0.39 is 5.82 Å². The standard InChI is InChI=1S/C26H23ClFN5O2/c1-16-14-24(30-17-10-12-20(35-2)13-11-17)33-26(29-16)32-19-8-6-18(7-9-19)31-25(34)15-21-22(27)4-3-5-23(21)28/h3-14H,15H2,1-2H3,(H,31,34)(H2,29,30,32,33). The molecule has 0 unspecified atom stereocenters. The van der Waals surface area contributed by atoms with Crippen molar-refractivity contribution in [2.75, 3.05) is 23.1 Å². The van der Waals surface area contributed by atoms with Gasteiger partial charge in [-0.05, 0) is 67.6 Å². The molecule has 0 aliphatic carbocycles. The van der Waals surface area contributed by atoms with Gasteiger partial charge in [0.15, 0.2) is 0 Å². The number of aryl methyl sites for hydroxylation is 1. The molecule has 4 rings (SSSR count). The highest BCUT2D eigenvalue weighted by atomic mass is 35.5. The van der Waals surface area contributed by atoms with Crippen LogP contribution in [0.1, 0.15) is 11.3 Å². The van der Waals surface area contributed by atoms with Crippen LogP contribution in [0, 0.1) is 12.7 Å². The number of rotatable bonds is 8. The van der Waals surface area contributed by atoms with Crippen LogP contribution in [0.2, 0.25) is 5.02 Å². The minimum atomic E-state index is -0.508. The first-order valence-electron chi connectivity index (χ1n) is 10.8. The topological polar surface area (TPSA) is 88.2 Å². The van der Waals surface area contributed by atoms with Crippen molar-refractivity contribution in [2.45, 2.75) is 13.3 Å². The van der Waals surface area contributed by atoms with Crippen LogP contribution in [0.4, 0.5) is 33.2 Å². The highest BCUT2D eigenvalue weighted by Gasteiger charge is 2.12. The molecule has 0 aliphatic rings. The quantitative estimate of drug-likeness (QED) is 0.270. The first kappa shape index (κ1) is 24.0. The summed E-state index contributed by atoms with van der Waals surface area (Å²) in [5, 5.41) is 9.38. The van der Waals surface area contributed by atoms with Gasteiger partial charge in [0.25, 0.3) is 0 Å². The average Bonchev–Trinajstić information content (AvgIpc) is 2.83. The van der Waals surface area contributed by atoms with E-state index in [9.17, 15) is 9.18 Å². The van der Waals surface area contributed by atoms with Crippen LogP contribution in [-0.4, -0.2) is 23.0 Å². The molecule has 0 bridgehead atoms. The summed E-state index contributed by atoms with van der Waals surface area (Å²) in [5.41, 5.74) is 3.13. The Morgan fingerprint density at radius 2 is 1.60 bits per heavy atom. The maximum atomic E-state index is 13.9. The number of halogens is 2. The molecule has 3 aromatic carbocycles. The Morgan fingerprint density at radius 3 is 2.29 bits per heavy atom. The van der Waals surface area contributed by atoms with Crippen molar-refractivity contribution in [3.8, 4) is 5.75 Å². The van der Waals surface area contributed by atoms with Gasteiger partial charge in [-0.3, -0.25) is 4.79 Å². The molecule has 0 saturated carbocycles. The summed E-state index contributed by atoms with van der Waals surface area (Å²) in [6.07, 6.45) is -0.160. The van der Waals surface area contributed by atoms with Crippen LogP contribution in [0.25, 0.3) is 0 Å². The van der Waals surface area contributed by atoms with Gasteiger partial charge in [0.2, 0.25) is 11.9 Å². The number of nitrogens with zero attached hydrogens (tertiary/aromatic N) is 2. The summed E-state index contributed by atoms with van der Waals surface area (Å²) in [7, 11) is 1.62. The average molecular weight is 492 g/mol. The SMILES string of the molecule is COc1ccc(Nc2cc(C)nc(Nc3ccc(NC(=O)Cc4c(F)cccc4Cl)cc3)n2)cc1. The predicted molar refractivity (Wildman–Crippen MR) is 137 cm³/mol. The highest BCUT2D eigenvalue weighted by molar-refractivity contribution is 6.31. The van der Waals surface area contributed by atoms with E-state index in [2.05, 4.69) is 25.9 Å².